The molecule has 1 heterocycles. The summed E-state index contributed by atoms with van der Waals surface area (Å²) in [5, 5.41) is 14.6. The first kappa shape index (κ1) is 24.5. The van der Waals surface area contributed by atoms with Crippen molar-refractivity contribution in [3.63, 3.8) is 0 Å². The molecule has 8 heteroatoms. The predicted octanol–water partition coefficient (Wildman–Crippen LogP) is 5.77. The fourth-order valence-corrected chi connectivity index (χ4v) is 3.50. The van der Waals surface area contributed by atoms with Gasteiger partial charge in [0.1, 0.15) is 11.5 Å². The van der Waals surface area contributed by atoms with Crippen molar-refractivity contribution in [1.29, 1.82) is 0 Å². The van der Waals surface area contributed by atoms with Crippen molar-refractivity contribution in [3.8, 4) is 45.5 Å². The fraction of sp³-hybridized carbons (Fsp3) is 0.179. The van der Waals surface area contributed by atoms with Crippen LogP contribution in [0.3, 0.4) is 0 Å². The number of anilines is 1. The second-order valence-electron chi connectivity index (χ2n) is 7.84. The number of methoxy groups -OCH3 is 2. The number of phenols is 1. The van der Waals surface area contributed by atoms with Crippen LogP contribution in [0.1, 0.15) is 18.9 Å². The monoisotopic (exact) mass is 484 g/mol. The van der Waals surface area contributed by atoms with Crippen LogP contribution in [0, 0.1) is 0 Å². The van der Waals surface area contributed by atoms with Gasteiger partial charge < -0.3 is 19.3 Å². The molecule has 0 aliphatic rings. The predicted molar refractivity (Wildman–Crippen MR) is 141 cm³/mol. The van der Waals surface area contributed by atoms with E-state index >= 15 is 0 Å². The maximum absolute atomic E-state index is 10.3. The van der Waals surface area contributed by atoms with E-state index in [0.29, 0.717) is 41.1 Å². The maximum atomic E-state index is 10.3. The Morgan fingerprint density at radius 3 is 2.31 bits per heavy atom. The van der Waals surface area contributed by atoms with Crippen LogP contribution in [0.2, 0.25) is 0 Å². The molecule has 0 aliphatic heterocycles. The van der Waals surface area contributed by atoms with E-state index in [4.69, 9.17) is 14.2 Å². The summed E-state index contributed by atoms with van der Waals surface area (Å²) >= 11 is 0. The van der Waals surface area contributed by atoms with Gasteiger partial charge in [0.25, 0.3) is 0 Å². The molecule has 8 nitrogen and oxygen atoms in total. The Balaban J connectivity index is 1.64. The Labute approximate surface area is 210 Å². The summed E-state index contributed by atoms with van der Waals surface area (Å²) < 4.78 is 16.4. The van der Waals surface area contributed by atoms with Crippen LogP contribution in [0.15, 0.2) is 77.9 Å². The highest BCUT2D eigenvalue weighted by molar-refractivity contribution is 5.84. The molecule has 0 amide bonds. The number of aromatic hydroxyl groups is 1. The molecular formula is C28H28N4O4. The zero-order valence-corrected chi connectivity index (χ0v) is 20.4. The smallest absolute Gasteiger partial charge is 0.244 e. The van der Waals surface area contributed by atoms with Gasteiger partial charge in [-0.15, -0.1) is 0 Å². The minimum atomic E-state index is 0.0686. The summed E-state index contributed by atoms with van der Waals surface area (Å²) in [6, 6.07) is 22.4. The Morgan fingerprint density at radius 1 is 0.861 bits per heavy atom. The van der Waals surface area contributed by atoms with Gasteiger partial charge in [-0.3, -0.25) is 0 Å². The molecule has 0 fully saturated rings. The highest BCUT2D eigenvalue weighted by atomic mass is 16.5. The lowest BCUT2D eigenvalue weighted by atomic mass is 10.1. The van der Waals surface area contributed by atoms with E-state index in [0.717, 1.165) is 23.2 Å². The molecule has 2 N–H and O–H groups in total. The molecule has 36 heavy (non-hydrogen) atoms. The third-order valence-corrected chi connectivity index (χ3v) is 5.32. The lowest BCUT2D eigenvalue weighted by molar-refractivity contribution is 0.315. The van der Waals surface area contributed by atoms with E-state index in [9.17, 15) is 5.11 Å². The standard InChI is InChI=1S/C28H28N4O4/c1-4-14-36-22-12-10-21(25(33)16-22)18-29-32-28-30-23(19-8-6-5-7-9-19)17-24(31-28)20-11-13-26(34-2)27(15-20)35-3/h5-13,15-18,33H,4,14H2,1-3H3,(H,30,31,32)/b29-18-. The third-order valence-electron chi connectivity index (χ3n) is 5.32. The van der Waals surface area contributed by atoms with Gasteiger partial charge >= 0.3 is 0 Å². The summed E-state index contributed by atoms with van der Waals surface area (Å²) in [5.41, 5.74) is 6.61. The van der Waals surface area contributed by atoms with Crippen molar-refractivity contribution in [2.24, 2.45) is 5.10 Å². The number of phenolic OH excluding ortho intramolecular Hbond substituents is 1. The van der Waals surface area contributed by atoms with Crippen molar-refractivity contribution in [2.75, 3.05) is 26.3 Å². The van der Waals surface area contributed by atoms with Gasteiger partial charge in [0.05, 0.1) is 38.4 Å². The van der Waals surface area contributed by atoms with Crippen molar-refractivity contribution in [2.45, 2.75) is 13.3 Å². The van der Waals surface area contributed by atoms with Gasteiger partial charge in [-0.2, -0.15) is 5.10 Å². The molecule has 4 aromatic rings. The summed E-state index contributed by atoms with van der Waals surface area (Å²) in [7, 11) is 3.19. The van der Waals surface area contributed by atoms with Crippen LogP contribution in [0.4, 0.5) is 5.95 Å². The molecule has 0 saturated carbocycles. The lowest BCUT2D eigenvalue weighted by Gasteiger charge is -2.11. The SMILES string of the molecule is CCCOc1ccc(/C=N\Nc2nc(-c3ccccc3)cc(-c3ccc(OC)c(OC)c3)n2)c(O)c1. The van der Waals surface area contributed by atoms with E-state index < -0.39 is 0 Å². The number of hydrogen-bond acceptors (Lipinski definition) is 8. The van der Waals surface area contributed by atoms with Crippen molar-refractivity contribution in [3.05, 3.63) is 78.4 Å². The molecule has 0 bridgehead atoms. The molecule has 0 atom stereocenters. The molecule has 0 radical (unpaired) electrons. The van der Waals surface area contributed by atoms with Crippen LogP contribution < -0.4 is 19.6 Å². The highest BCUT2D eigenvalue weighted by Crippen LogP contribution is 2.33. The fourth-order valence-electron chi connectivity index (χ4n) is 3.50. The van der Waals surface area contributed by atoms with Crippen LogP contribution >= 0.6 is 0 Å². The van der Waals surface area contributed by atoms with Gasteiger partial charge in [0.15, 0.2) is 11.5 Å². The molecular weight excluding hydrogens is 456 g/mol. The second-order valence-corrected chi connectivity index (χ2v) is 7.84. The van der Waals surface area contributed by atoms with E-state index in [1.165, 1.54) is 6.21 Å². The number of nitrogens with one attached hydrogen (secondary N) is 1. The Morgan fingerprint density at radius 2 is 1.61 bits per heavy atom. The topological polar surface area (TPSA) is 98.1 Å². The quantitative estimate of drug-likeness (QED) is 0.218. The molecule has 3 aromatic carbocycles. The largest absolute Gasteiger partial charge is 0.507 e. The summed E-state index contributed by atoms with van der Waals surface area (Å²) in [6.45, 7) is 2.61. The molecule has 0 unspecified atom stereocenters. The maximum Gasteiger partial charge on any atom is 0.244 e. The molecule has 0 spiro atoms. The van der Waals surface area contributed by atoms with Gasteiger partial charge in [-0.05, 0) is 42.8 Å². The molecule has 0 aliphatic carbocycles. The number of benzene rings is 3. The number of rotatable bonds is 10. The van der Waals surface area contributed by atoms with Gasteiger partial charge in [0.2, 0.25) is 5.95 Å². The number of ether oxygens (including phenoxy) is 3. The van der Waals surface area contributed by atoms with Crippen molar-refractivity contribution >= 4 is 12.2 Å². The van der Waals surface area contributed by atoms with E-state index in [1.807, 2.05) is 61.5 Å². The summed E-state index contributed by atoms with van der Waals surface area (Å²) in [4.78, 5) is 9.28. The Hall–Kier alpha value is -4.59. The summed E-state index contributed by atoms with van der Waals surface area (Å²) in [5.74, 6) is 2.22. The summed E-state index contributed by atoms with van der Waals surface area (Å²) in [6.07, 6.45) is 2.40. The van der Waals surface area contributed by atoms with Gasteiger partial charge in [-0.1, -0.05) is 37.3 Å². The van der Waals surface area contributed by atoms with E-state index in [-0.39, 0.29) is 5.75 Å². The molecule has 184 valence electrons. The van der Waals surface area contributed by atoms with Crippen LogP contribution in [0.25, 0.3) is 22.5 Å². The van der Waals surface area contributed by atoms with Gasteiger partial charge in [0, 0.05) is 22.8 Å². The van der Waals surface area contributed by atoms with E-state index in [1.54, 1.807) is 32.4 Å². The Bertz CT molecular complexity index is 1340. The van der Waals surface area contributed by atoms with Gasteiger partial charge in [-0.25, -0.2) is 15.4 Å². The lowest BCUT2D eigenvalue weighted by Crippen LogP contribution is -2.01. The molecule has 0 saturated heterocycles. The Kier molecular flexibility index (Phi) is 7.97. The average molecular weight is 485 g/mol. The van der Waals surface area contributed by atoms with Crippen LogP contribution in [0.5, 0.6) is 23.0 Å². The molecule has 1 aromatic heterocycles. The first-order valence-electron chi connectivity index (χ1n) is 11.5. The number of hydrogen-bond donors (Lipinski definition) is 2. The number of hydrazone groups is 1. The highest BCUT2D eigenvalue weighted by Gasteiger charge is 2.12. The minimum absolute atomic E-state index is 0.0686. The zero-order chi connectivity index (χ0) is 25.3. The average Bonchev–Trinajstić information content (AvgIpc) is 2.92. The third kappa shape index (κ3) is 5.90. The van der Waals surface area contributed by atoms with Crippen molar-refractivity contribution in [1.82, 2.24) is 9.97 Å². The first-order chi connectivity index (χ1) is 17.6. The number of aromatic nitrogens is 2. The van der Waals surface area contributed by atoms with E-state index in [2.05, 4.69) is 20.5 Å². The van der Waals surface area contributed by atoms with Crippen LogP contribution in [-0.2, 0) is 0 Å². The second kappa shape index (κ2) is 11.7. The minimum Gasteiger partial charge on any atom is -0.507 e. The normalized spacial score (nSPS) is 10.9. The first-order valence-corrected chi connectivity index (χ1v) is 11.5. The van der Waals surface area contributed by atoms with Crippen molar-refractivity contribution < 1.29 is 19.3 Å². The number of nitrogens with zero attached hydrogens (tertiary/aromatic N) is 3. The molecule has 4 rings (SSSR count). The zero-order valence-electron chi connectivity index (χ0n) is 20.4. The van der Waals surface area contributed by atoms with Crippen LogP contribution in [-0.4, -0.2) is 42.1 Å².